The number of primary amides is 1. The Labute approximate surface area is 150 Å². The van der Waals surface area contributed by atoms with Gasteiger partial charge in [-0.25, -0.2) is 4.39 Å². The predicted molar refractivity (Wildman–Crippen MR) is 97.7 cm³/mol. The highest BCUT2D eigenvalue weighted by molar-refractivity contribution is 5.98. The quantitative estimate of drug-likeness (QED) is 0.748. The van der Waals surface area contributed by atoms with Crippen molar-refractivity contribution in [3.05, 3.63) is 64.2 Å². The molecule has 3 N–H and O–H groups in total. The van der Waals surface area contributed by atoms with E-state index < -0.39 is 11.7 Å². The lowest BCUT2D eigenvalue weighted by Gasteiger charge is -2.10. The van der Waals surface area contributed by atoms with Crippen molar-refractivity contribution in [1.29, 1.82) is 0 Å². The second kappa shape index (κ2) is 6.63. The average molecular weight is 354 g/mol. The summed E-state index contributed by atoms with van der Waals surface area (Å²) in [6.45, 7) is 5.51. The first-order valence-electron chi connectivity index (χ1n) is 8.13. The highest BCUT2D eigenvalue weighted by atomic mass is 19.1. The van der Waals surface area contributed by atoms with E-state index in [-0.39, 0.29) is 29.1 Å². The van der Waals surface area contributed by atoms with Crippen LogP contribution in [0.25, 0.3) is 11.0 Å². The SMILES string of the molecule is Cc1cc2occ(CC(=O)Nc3cc(C(N)=O)cc(F)c3C)c2cc1C. The normalized spacial score (nSPS) is 10.9. The Morgan fingerprint density at radius 1 is 1.12 bits per heavy atom. The Bertz CT molecular complexity index is 1040. The molecular weight excluding hydrogens is 335 g/mol. The van der Waals surface area contributed by atoms with Gasteiger partial charge in [0.05, 0.1) is 12.7 Å². The summed E-state index contributed by atoms with van der Waals surface area (Å²) >= 11 is 0. The van der Waals surface area contributed by atoms with Crippen molar-refractivity contribution >= 4 is 28.5 Å². The smallest absolute Gasteiger partial charge is 0.248 e. The van der Waals surface area contributed by atoms with Crippen LogP contribution in [-0.2, 0) is 11.2 Å². The van der Waals surface area contributed by atoms with Gasteiger partial charge in [0.1, 0.15) is 11.4 Å². The van der Waals surface area contributed by atoms with Crippen LogP contribution >= 0.6 is 0 Å². The van der Waals surface area contributed by atoms with E-state index in [0.717, 1.165) is 28.1 Å². The van der Waals surface area contributed by atoms with E-state index in [1.807, 2.05) is 26.0 Å². The summed E-state index contributed by atoms with van der Waals surface area (Å²) in [6, 6.07) is 6.35. The highest BCUT2D eigenvalue weighted by Gasteiger charge is 2.15. The molecule has 26 heavy (non-hydrogen) atoms. The molecule has 2 aromatic carbocycles. The van der Waals surface area contributed by atoms with Crippen LogP contribution in [0.3, 0.4) is 0 Å². The van der Waals surface area contributed by atoms with Gasteiger partial charge in [0.15, 0.2) is 0 Å². The third kappa shape index (κ3) is 3.31. The summed E-state index contributed by atoms with van der Waals surface area (Å²) in [4.78, 5) is 23.7. The van der Waals surface area contributed by atoms with Crippen LogP contribution in [0.2, 0.25) is 0 Å². The summed E-state index contributed by atoms with van der Waals surface area (Å²) in [5.74, 6) is -1.70. The molecule has 3 rings (SSSR count). The van der Waals surface area contributed by atoms with E-state index in [2.05, 4.69) is 5.32 Å². The Hall–Kier alpha value is -3.15. The molecule has 2 amide bonds. The number of aryl methyl sites for hydroxylation is 2. The van der Waals surface area contributed by atoms with Crippen molar-refractivity contribution in [2.24, 2.45) is 5.73 Å². The molecule has 0 aliphatic carbocycles. The minimum absolute atomic E-state index is 0.00302. The molecule has 1 heterocycles. The van der Waals surface area contributed by atoms with Crippen molar-refractivity contribution in [2.75, 3.05) is 5.32 Å². The van der Waals surface area contributed by atoms with Crippen molar-refractivity contribution < 1.29 is 18.4 Å². The lowest BCUT2D eigenvalue weighted by Crippen LogP contribution is -2.17. The number of furan rings is 1. The predicted octanol–water partition coefficient (Wildman–Crippen LogP) is 3.78. The summed E-state index contributed by atoms with van der Waals surface area (Å²) < 4.78 is 19.5. The number of fused-ring (bicyclic) bond motifs is 1. The molecule has 3 aromatic rings. The van der Waals surface area contributed by atoms with Crippen LogP contribution < -0.4 is 11.1 Å². The first kappa shape index (κ1) is 17.7. The number of carbonyl (C=O) groups is 2. The number of anilines is 1. The average Bonchev–Trinajstić information content (AvgIpc) is 2.93. The van der Waals surface area contributed by atoms with Crippen molar-refractivity contribution in [1.82, 2.24) is 0 Å². The van der Waals surface area contributed by atoms with E-state index >= 15 is 0 Å². The summed E-state index contributed by atoms with van der Waals surface area (Å²) in [6.07, 6.45) is 1.62. The molecule has 134 valence electrons. The summed E-state index contributed by atoms with van der Waals surface area (Å²) in [5.41, 5.74) is 9.34. The van der Waals surface area contributed by atoms with E-state index in [0.29, 0.717) is 5.58 Å². The third-order valence-electron chi connectivity index (χ3n) is 4.52. The second-order valence-electron chi connectivity index (χ2n) is 6.41. The van der Waals surface area contributed by atoms with Gasteiger partial charge >= 0.3 is 0 Å². The maximum Gasteiger partial charge on any atom is 0.248 e. The molecule has 0 saturated heterocycles. The number of nitrogens with one attached hydrogen (secondary N) is 1. The first-order valence-corrected chi connectivity index (χ1v) is 8.13. The fourth-order valence-corrected chi connectivity index (χ4v) is 2.79. The van der Waals surface area contributed by atoms with Gasteiger partial charge in [-0.15, -0.1) is 0 Å². The van der Waals surface area contributed by atoms with Crippen molar-refractivity contribution in [3.63, 3.8) is 0 Å². The molecular formula is C20H19FN2O3. The number of rotatable bonds is 4. The Balaban J connectivity index is 1.86. The lowest BCUT2D eigenvalue weighted by atomic mass is 10.0. The van der Waals surface area contributed by atoms with Crippen LogP contribution in [0.5, 0.6) is 0 Å². The van der Waals surface area contributed by atoms with Gasteiger partial charge in [0.25, 0.3) is 0 Å². The van der Waals surface area contributed by atoms with Gasteiger partial charge < -0.3 is 15.5 Å². The summed E-state index contributed by atoms with van der Waals surface area (Å²) in [7, 11) is 0. The minimum atomic E-state index is -0.758. The zero-order valence-electron chi connectivity index (χ0n) is 14.8. The number of hydrogen-bond donors (Lipinski definition) is 2. The molecule has 0 spiro atoms. The van der Waals surface area contributed by atoms with Gasteiger partial charge in [0, 0.05) is 27.8 Å². The molecule has 0 saturated carbocycles. The number of halogens is 1. The third-order valence-corrected chi connectivity index (χ3v) is 4.52. The van der Waals surface area contributed by atoms with Crippen LogP contribution in [0.15, 0.2) is 34.9 Å². The van der Waals surface area contributed by atoms with Crippen LogP contribution in [-0.4, -0.2) is 11.8 Å². The molecule has 6 heteroatoms. The summed E-state index contributed by atoms with van der Waals surface area (Å²) in [5, 5.41) is 3.52. The Morgan fingerprint density at radius 2 is 1.81 bits per heavy atom. The second-order valence-corrected chi connectivity index (χ2v) is 6.41. The molecule has 0 aliphatic heterocycles. The van der Waals surface area contributed by atoms with Gasteiger partial charge in [-0.3, -0.25) is 9.59 Å². The molecule has 0 fully saturated rings. The molecule has 0 radical (unpaired) electrons. The van der Waals surface area contributed by atoms with E-state index in [9.17, 15) is 14.0 Å². The van der Waals surface area contributed by atoms with Crippen LogP contribution in [0.1, 0.15) is 32.6 Å². The van der Waals surface area contributed by atoms with Gasteiger partial charge in [0.2, 0.25) is 11.8 Å². The van der Waals surface area contributed by atoms with Crippen LogP contribution in [0, 0.1) is 26.6 Å². The van der Waals surface area contributed by atoms with Gasteiger partial charge in [-0.05, 0) is 56.2 Å². The van der Waals surface area contributed by atoms with Gasteiger partial charge in [-0.2, -0.15) is 0 Å². The maximum absolute atomic E-state index is 13.9. The molecule has 1 aromatic heterocycles. The Morgan fingerprint density at radius 3 is 2.50 bits per heavy atom. The van der Waals surface area contributed by atoms with Crippen LogP contribution in [0.4, 0.5) is 10.1 Å². The number of benzene rings is 2. The fourth-order valence-electron chi connectivity index (χ4n) is 2.79. The zero-order valence-corrected chi connectivity index (χ0v) is 14.8. The van der Waals surface area contributed by atoms with Crippen molar-refractivity contribution in [3.8, 4) is 0 Å². The molecule has 0 aliphatic rings. The maximum atomic E-state index is 13.9. The largest absolute Gasteiger partial charge is 0.464 e. The number of amides is 2. The first-order chi connectivity index (χ1) is 12.3. The molecule has 5 nitrogen and oxygen atoms in total. The van der Waals surface area contributed by atoms with Crippen molar-refractivity contribution in [2.45, 2.75) is 27.2 Å². The fraction of sp³-hybridized carbons (Fsp3) is 0.200. The van der Waals surface area contributed by atoms with Gasteiger partial charge in [-0.1, -0.05) is 0 Å². The van der Waals surface area contributed by atoms with E-state index in [1.165, 1.54) is 13.0 Å². The highest BCUT2D eigenvalue weighted by Crippen LogP contribution is 2.26. The van der Waals surface area contributed by atoms with E-state index in [1.54, 1.807) is 6.26 Å². The number of hydrogen-bond acceptors (Lipinski definition) is 3. The lowest BCUT2D eigenvalue weighted by molar-refractivity contribution is -0.115. The number of nitrogens with two attached hydrogens (primary N) is 1. The minimum Gasteiger partial charge on any atom is -0.464 e. The standard InChI is InChI=1S/C20H19FN2O3/c1-10-4-15-14(9-26-18(15)5-11(10)2)8-19(24)23-17-7-13(20(22)25)6-16(21)12(17)3/h4-7,9H,8H2,1-3H3,(H2,22,25)(H,23,24). The Kier molecular flexibility index (Phi) is 4.50. The number of carbonyl (C=O) groups excluding carboxylic acids is 2. The van der Waals surface area contributed by atoms with E-state index in [4.69, 9.17) is 10.2 Å². The topological polar surface area (TPSA) is 85.3 Å². The molecule has 0 atom stereocenters. The zero-order chi connectivity index (χ0) is 19.0. The molecule has 0 unspecified atom stereocenters. The molecule has 0 bridgehead atoms. The monoisotopic (exact) mass is 354 g/mol.